The topological polar surface area (TPSA) is 67.7 Å². The summed E-state index contributed by atoms with van der Waals surface area (Å²) >= 11 is 0. The molecule has 1 aliphatic rings. The minimum absolute atomic E-state index is 0.707. The van der Waals surface area contributed by atoms with Crippen LogP contribution in [0.25, 0.3) is 11.2 Å². The zero-order valence-corrected chi connectivity index (χ0v) is 12.8. The van der Waals surface area contributed by atoms with Gasteiger partial charge in [-0.3, -0.25) is 4.57 Å². The van der Waals surface area contributed by atoms with Gasteiger partial charge in [0.15, 0.2) is 17.0 Å². The number of fused-ring (bicyclic) bond motifs is 4. The first-order valence-corrected chi connectivity index (χ1v) is 7.77. The molecule has 4 aromatic rings. The molecule has 6 heteroatoms. The predicted molar refractivity (Wildman–Crippen MR) is 93.9 cm³/mol. The lowest BCUT2D eigenvalue weighted by Crippen LogP contribution is -2.13. The highest BCUT2D eigenvalue weighted by Gasteiger charge is 2.21. The molecule has 0 unspecified atom stereocenters. The van der Waals surface area contributed by atoms with Gasteiger partial charge in [-0.1, -0.05) is 36.4 Å². The van der Waals surface area contributed by atoms with E-state index in [1.54, 1.807) is 6.33 Å². The Balaban J connectivity index is 1.62. The highest BCUT2D eigenvalue weighted by Crippen LogP contribution is 2.32. The first-order chi connectivity index (χ1) is 11.9. The van der Waals surface area contributed by atoms with Crippen molar-refractivity contribution in [2.24, 2.45) is 0 Å². The number of hydrogen-bond acceptors (Lipinski definition) is 5. The molecule has 2 aromatic carbocycles. The van der Waals surface area contributed by atoms with Gasteiger partial charge in [-0.25, -0.2) is 15.0 Å². The zero-order chi connectivity index (χ0) is 15.9. The van der Waals surface area contributed by atoms with Crippen molar-refractivity contribution >= 4 is 34.3 Å². The average Bonchev–Trinajstić information content (AvgIpc) is 2.99. The second-order valence-corrected chi connectivity index (χ2v) is 5.69. The third-order valence-electron chi connectivity index (χ3n) is 4.16. The van der Waals surface area contributed by atoms with E-state index in [0.717, 1.165) is 35.0 Å². The molecule has 116 valence electrons. The van der Waals surface area contributed by atoms with Crippen LogP contribution in [-0.2, 0) is 6.54 Å². The van der Waals surface area contributed by atoms with Crippen molar-refractivity contribution in [1.29, 1.82) is 0 Å². The van der Waals surface area contributed by atoms with E-state index in [1.165, 1.54) is 5.56 Å². The molecule has 0 saturated heterocycles. The van der Waals surface area contributed by atoms with Gasteiger partial charge >= 0.3 is 0 Å². The molecule has 1 aliphatic heterocycles. The maximum Gasteiger partial charge on any atom is 0.210 e. The Kier molecular flexibility index (Phi) is 2.75. The second-order valence-electron chi connectivity index (χ2n) is 5.69. The zero-order valence-electron chi connectivity index (χ0n) is 12.8. The molecular weight excluding hydrogens is 300 g/mol. The minimum Gasteiger partial charge on any atom is -0.338 e. The maximum absolute atomic E-state index is 4.71. The fourth-order valence-electron chi connectivity index (χ4n) is 3.00. The number of para-hydroxylation sites is 2. The molecule has 0 radical (unpaired) electrons. The fraction of sp³-hybridized carbons (Fsp3) is 0.0556. The molecule has 0 atom stereocenters. The average molecular weight is 314 g/mol. The Hall–Kier alpha value is -3.41. The predicted octanol–water partition coefficient (Wildman–Crippen LogP) is 3.68. The van der Waals surface area contributed by atoms with E-state index in [-0.39, 0.29) is 0 Å². The minimum atomic E-state index is 0.707. The van der Waals surface area contributed by atoms with Gasteiger partial charge in [0.25, 0.3) is 0 Å². The van der Waals surface area contributed by atoms with E-state index >= 15 is 0 Å². The van der Waals surface area contributed by atoms with Gasteiger partial charge in [0.05, 0.1) is 6.54 Å². The highest BCUT2D eigenvalue weighted by molar-refractivity contribution is 5.88. The number of imidazole rings is 1. The Morgan fingerprint density at radius 1 is 0.958 bits per heavy atom. The summed E-state index contributed by atoms with van der Waals surface area (Å²) in [7, 11) is 0. The van der Waals surface area contributed by atoms with Crippen molar-refractivity contribution in [2.75, 3.05) is 10.6 Å². The van der Waals surface area contributed by atoms with E-state index in [0.29, 0.717) is 5.82 Å². The molecule has 6 nitrogen and oxygen atoms in total. The summed E-state index contributed by atoms with van der Waals surface area (Å²) in [5.74, 6) is 1.50. The van der Waals surface area contributed by atoms with Crippen LogP contribution in [0.1, 0.15) is 5.56 Å². The molecule has 24 heavy (non-hydrogen) atoms. The van der Waals surface area contributed by atoms with Gasteiger partial charge in [-0.2, -0.15) is 0 Å². The largest absolute Gasteiger partial charge is 0.338 e. The lowest BCUT2D eigenvalue weighted by atomic mass is 10.1. The summed E-state index contributed by atoms with van der Waals surface area (Å²) < 4.78 is 2.08. The quantitative estimate of drug-likeness (QED) is 0.520. The van der Waals surface area contributed by atoms with Gasteiger partial charge in [-0.05, 0) is 23.8 Å². The standard InChI is InChI=1S/C18H14N6/c1-2-7-13(8-3-1)21-16-15-17(20-11-19-16)24-10-12-6-4-5-9-14(12)22-18(24)23-15/h1-9,11H,10H2,(H,22,23)(H,19,20,21). The number of nitrogens with zero attached hydrogens (tertiary/aromatic N) is 4. The number of aromatic nitrogens is 4. The summed E-state index contributed by atoms with van der Waals surface area (Å²) in [5, 5.41) is 6.70. The molecule has 2 N–H and O–H groups in total. The number of hydrogen-bond donors (Lipinski definition) is 2. The summed E-state index contributed by atoms with van der Waals surface area (Å²) in [5.41, 5.74) is 4.86. The monoisotopic (exact) mass is 314 g/mol. The molecule has 0 saturated carbocycles. The van der Waals surface area contributed by atoms with Crippen LogP contribution in [0.2, 0.25) is 0 Å². The molecule has 5 rings (SSSR count). The van der Waals surface area contributed by atoms with Crippen LogP contribution in [0.3, 0.4) is 0 Å². The van der Waals surface area contributed by atoms with E-state index in [9.17, 15) is 0 Å². The van der Waals surface area contributed by atoms with Crippen LogP contribution in [0.4, 0.5) is 23.1 Å². The van der Waals surface area contributed by atoms with E-state index < -0.39 is 0 Å². The maximum atomic E-state index is 4.71. The van der Waals surface area contributed by atoms with Crippen LogP contribution in [0.5, 0.6) is 0 Å². The van der Waals surface area contributed by atoms with Crippen LogP contribution >= 0.6 is 0 Å². The molecular formula is C18H14N6. The van der Waals surface area contributed by atoms with Crippen molar-refractivity contribution < 1.29 is 0 Å². The SMILES string of the molecule is c1ccc(Nc2ncnc3c2nc2n3Cc3ccccc3N2)cc1. The lowest BCUT2D eigenvalue weighted by molar-refractivity contribution is 0.806. The summed E-state index contributed by atoms with van der Waals surface area (Å²) in [6.07, 6.45) is 1.57. The number of anilines is 4. The molecule has 2 aromatic heterocycles. The summed E-state index contributed by atoms with van der Waals surface area (Å²) in [4.78, 5) is 13.5. The smallest absolute Gasteiger partial charge is 0.210 e. The molecule has 0 spiro atoms. The second kappa shape index (κ2) is 5.06. The molecule has 0 aliphatic carbocycles. The van der Waals surface area contributed by atoms with E-state index in [2.05, 4.69) is 37.3 Å². The number of nitrogens with one attached hydrogen (secondary N) is 2. The third-order valence-corrected chi connectivity index (χ3v) is 4.16. The fourth-order valence-corrected chi connectivity index (χ4v) is 3.00. The summed E-state index contributed by atoms with van der Waals surface area (Å²) in [6.45, 7) is 0.747. The van der Waals surface area contributed by atoms with Gasteiger partial charge in [-0.15, -0.1) is 0 Å². The van der Waals surface area contributed by atoms with Crippen molar-refractivity contribution in [3.05, 3.63) is 66.5 Å². The van der Waals surface area contributed by atoms with Gasteiger partial charge in [0.2, 0.25) is 5.95 Å². The summed E-state index contributed by atoms with van der Waals surface area (Å²) in [6, 6.07) is 18.2. The number of benzene rings is 2. The van der Waals surface area contributed by atoms with Crippen LogP contribution in [-0.4, -0.2) is 19.5 Å². The first-order valence-electron chi connectivity index (χ1n) is 7.77. The lowest BCUT2D eigenvalue weighted by Gasteiger charge is -2.19. The van der Waals surface area contributed by atoms with Crippen LogP contribution in [0, 0.1) is 0 Å². The Morgan fingerprint density at radius 2 is 1.79 bits per heavy atom. The Morgan fingerprint density at radius 3 is 2.71 bits per heavy atom. The molecule has 3 heterocycles. The van der Waals surface area contributed by atoms with Crippen LogP contribution < -0.4 is 10.6 Å². The van der Waals surface area contributed by atoms with Gasteiger partial charge in [0.1, 0.15) is 6.33 Å². The van der Waals surface area contributed by atoms with E-state index in [4.69, 9.17) is 4.98 Å². The van der Waals surface area contributed by atoms with Crippen molar-refractivity contribution in [3.63, 3.8) is 0 Å². The molecule has 0 bridgehead atoms. The van der Waals surface area contributed by atoms with Crippen molar-refractivity contribution in [2.45, 2.75) is 6.54 Å². The molecule has 0 amide bonds. The van der Waals surface area contributed by atoms with Gasteiger partial charge < -0.3 is 10.6 Å². The normalized spacial score (nSPS) is 12.3. The van der Waals surface area contributed by atoms with Crippen molar-refractivity contribution in [1.82, 2.24) is 19.5 Å². The Bertz CT molecular complexity index is 1040. The van der Waals surface area contributed by atoms with E-state index in [1.807, 2.05) is 42.5 Å². The van der Waals surface area contributed by atoms with Crippen LogP contribution in [0.15, 0.2) is 60.9 Å². The molecule has 0 fully saturated rings. The highest BCUT2D eigenvalue weighted by atomic mass is 15.3. The Labute approximate surface area is 138 Å². The number of rotatable bonds is 2. The first kappa shape index (κ1) is 13.1. The van der Waals surface area contributed by atoms with Crippen molar-refractivity contribution in [3.8, 4) is 0 Å². The van der Waals surface area contributed by atoms with Gasteiger partial charge in [0, 0.05) is 11.4 Å². The third kappa shape index (κ3) is 2.00.